The monoisotopic (exact) mass is 592 g/mol. The van der Waals surface area contributed by atoms with Crippen LogP contribution < -0.4 is 9.47 Å². The third-order valence-corrected chi connectivity index (χ3v) is 6.81. The number of aliphatic imine (C=N–C) groups is 2. The summed E-state index contributed by atoms with van der Waals surface area (Å²) in [6, 6.07) is 6.51. The Bertz CT molecular complexity index is 1080. The second kappa shape index (κ2) is 16.4. The molecule has 0 spiro atoms. The van der Waals surface area contributed by atoms with Crippen molar-refractivity contribution in [1.82, 2.24) is 0 Å². The van der Waals surface area contributed by atoms with E-state index in [1.54, 1.807) is 24.3 Å². The van der Waals surface area contributed by atoms with Crippen molar-refractivity contribution in [3.63, 3.8) is 0 Å². The molecule has 2 aliphatic heterocycles. The highest BCUT2D eigenvalue weighted by atomic mass is 32.2. The van der Waals surface area contributed by atoms with E-state index in [1.165, 1.54) is 23.5 Å². The molecule has 0 saturated heterocycles. The fourth-order valence-electron chi connectivity index (χ4n) is 3.07. The third kappa shape index (κ3) is 10.4. The van der Waals surface area contributed by atoms with Crippen LogP contribution in [0.25, 0.3) is 0 Å². The van der Waals surface area contributed by atoms with E-state index in [4.69, 9.17) is 28.4 Å². The molecule has 2 unspecified atom stereocenters. The van der Waals surface area contributed by atoms with E-state index in [0.29, 0.717) is 36.1 Å². The molecule has 40 heavy (non-hydrogen) atoms. The van der Waals surface area contributed by atoms with E-state index in [1.807, 2.05) is 0 Å². The van der Waals surface area contributed by atoms with Crippen LogP contribution >= 0.6 is 23.5 Å². The normalized spacial score (nSPS) is 15.5. The average Bonchev–Trinajstić information content (AvgIpc) is 3.71. The zero-order valence-electron chi connectivity index (χ0n) is 21.5. The number of rotatable bonds is 16. The van der Waals surface area contributed by atoms with Crippen LogP contribution in [-0.2, 0) is 38.1 Å². The summed E-state index contributed by atoms with van der Waals surface area (Å²) in [5, 5.41) is 0.551. The molecule has 0 fully saturated rings. The maximum absolute atomic E-state index is 12.1. The van der Waals surface area contributed by atoms with E-state index >= 15 is 0 Å². The summed E-state index contributed by atoms with van der Waals surface area (Å²) in [6.07, 6.45) is 0.164. The molecule has 1 aromatic carbocycles. The van der Waals surface area contributed by atoms with E-state index in [9.17, 15) is 19.2 Å². The molecule has 12 nitrogen and oxygen atoms in total. The van der Waals surface area contributed by atoms with E-state index in [2.05, 4.69) is 23.1 Å². The van der Waals surface area contributed by atoms with Crippen molar-refractivity contribution in [2.24, 2.45) is 9.98 Å². The summed E-state index contributed by atoms with van der Waals surface area (Å²) in [5.41, 5.74) is 0. The highest BCUT2D eigenvalue weighted by Gasteiger charge is 2.23. The Morgan fingerprint density at radius 2 is 1.23 bits per heavy atom. The molecule has 0 saturated carbocycles. The first-order valence-corrected chi connectivity index (χ1v) is 14.1. The van der Waals surface area contributed by atoms with Gasteiger partial charge in [-0.2, -0.15) is 0 Å². The molecular weight excluding hydrogens is 564 g/mol. The quantitative estimate of drug-likeness (QED) is 0.157. The lowest BCUT2D eigenvalue weighted by Gasteiger charge is -2.19. The van der Waals surface area contributed by atoms with Crippen LogP contribution in [0.3, 0.4) is 0 Å². The minimum Gasteiger partial charge on any atom is -0.489 e. The Morgan fingerprint density at radius 3 is 1.60 bits per heavy atom. The van der Waals surface area contributed by atoms with Crippen molar-refractivity contribution in [2.75, 3.05) is 51.0 Å². The predicted molar refractivity (Wildman–Crippen MR) is 149 cm³/mol. The Kier molecular flexibility index (Phi) is 12.6. The van der Waals surface area contributed by atoms with Gasteiger partial charge in [0.1, 0.15) is 37.9 Å². The van der Waals surface area contributed by atoms with Crippen LogP contribution in [-0.4, -0.2) is 97.2 Å². The van der Waals surface area contributed by atoms with Crippen molar-refractivity contribution < 1.29 is 47.6 Å². The lowest BCUT2D eigenvalue weighted by molar-refractivity contribution is -0.153. The SMILES string of the molecule is C=CC(=O)OC(COC(=O)C1=NCCS1)COc1cccc(OCC(COC(=O)C2=NCCS2)OC(=O)C=C)c1. The van der Waals surface area contributed by atoms with Gasteiger partial charge >= 0.3 is 23.9 Å². The average molecular weight is 593 g/mol. The maximum atomic E-state index is 12.1. The molecule has 2 atom stereocenters. The molecule has 0 aromatic heterocycles. The number of thioether (sulfide) groups is 2. The standard InChI is InChI=1S/C26H28N2O10S2/c1-3-21(29)37-19(15-35-25(31)23-27-8-10-39-23)13-33-17-6-5-7-18(12-17)34-14-20(38-22(30)4-2)16-36-26(32)24-28-9-11-40-24/h3-7,12,19-20H,1-2,8-11,13-16H2. The van der Waals surface area contributed by atoms with Gasteiger partial charge in [0.05, 0.1) is 0 Å². The molecule has 0 radical (unpaired) electrons. The number of esters is 4. The topological polar surface area (TPSA) is 148 Å². The van der Waals surface area contributed by atoms with Gasteiger partial charge in [-0.3, -0.25) is 9.98 Å². The minimum absolute atomic E-state index is 0.132. The predicted octanol–water partition coefficient (Wildman–Crippen LogP) is 2.02. The van der Waals surface area contributed by atoms with Crippen molar-refractivity contribution in [2.45, 2.75) is 12.2 Å². The second-order valence-corrected chi connectivity index (χ2v) is 10.1. The Balaban J connectivity index is 1.54. The van der Waals surface area contributed by atoms with E-state index in [0.717, 1.165) is 12.2 Å². The number of ether oxygens (including phenoxy) is 6. The van der Waals surface area contributed by atoms with E-state index in [-0.39, 0.29) is 36.5 Å². The molecular formula is C26H28N2O10S2. The molecule has 214 valence electrons. The first-order valence-electron chi connectivity index (χ1n) is 12.1. The lowest BCUT2D eigenvalue weighted by Crippen LogP contribution is -2.31. The van der Waals surface area contributed by atoms with Gasteiger partial charge in [-0.15, -0.1) is 0 Å². The zero-order valence-corrected chi connectivity index (χ0v) is 23.1. The second-order valence-electron chi connectivity index (χ2n) is 7.89. The Morgan fingerprint density at radius 1 is 0.775 bits per heavy atom. The van der Waals surface area contributed by atoms with Crippen molar-refractivity contribution in [3.8, 4) is 11.5 Å². The van der Waals surface area contributed by atoms with Gasteiger partial charge in [-0.1, -0.05) is 42.7 Å². The summed E-state index contributed by atoms with van der Waals surface area (Å²) in [4.78, 5) is 55.8. The number of hydrogen-bond donors (Lipinski definition) is 0. The first kappa shape index (κ1) is 30.8. The van der Waals surface area contributed by atoms with Crippen LogP contribution in [0.2, 0.25) is 0 Å². The molecule has 2 heterocycles. The van der Waals surface area contributed by atoms with Gasteiger partial charge < -0.3 is 28.4 Å². The smallest absolute Gasteiger partial charge is 0.363 e. The number of benzene rings is 1. The van der Waals surface area contributed by atoms with Crippen molar-refractivity contribution >= 4 is 57.5 Å². The summed E-state index contributed by atoms with van der Waals surface area (Å²) >= 11 is 2.59. The van der Waals surface area contributed by atoms with Crippen LogP contribution in [0.4, 0.5) is 0 Å². The van der Waals surface area contributed by atoms with Gasteiger partial charge in [0.25, 0.3) is 0 Å². The van der Waals surface area contributed by atoms with Crippen molar-refractivity contribution in [1.29, 1.82) is 0 Å². The summed E-state index contributed by atoms with van der Waals surface area (Å²) in [6.45, 7) is 7.08. The van der Waals surface area contributed by atoms with Crippen LogP contribution in [0.5, 0.6) is 11.5 Å². The van der Waals surface area contributed by atoms with Gasteiger partial charge in [0.2, 0.25) is 0 Å². The van der Waals surface area contributed by atoms with Gasteiger partial charge in [-0.05, 0) is 12.1 Å². The van der Waals surface area contributed by atoms with Crippen molar-refractivity contribution in [3.05, 3.63) is 49.6 Å². The molecule has 3 rings (SSSR count). The summed E-state index contributed by atoms with van der Waals surface area (Å²) in [5.74, 6) is -0.447. The van der Waals surface area contributed by atoms with E-state index < -0.39 is 36.1 Å². The molecule has 0 bridgehead atoms. The highest BCUT2D eigenvalue weighted by Crippen LogP contribution is 2.21. The molecule has 1 aromatic rings. The summed E-state index contributed by atoms with van der Waals surface area (Å²) in [7, 11) is 0. The Hall–Kier alpha value is -3.78. The van der Waals surface area contributed by atoms with Gasteiger partial charge in [0.15, 0.2) is 22.3 Å². The fraction of sp³-hybridized carbons (Fsp3) is 0.385. The third-order valence-electron chi connectivity index (χ3n) is 4.90. The maximum Gasteiger partial charge on any atom is 0.363 e. The van der Waals surface area contributed by atoms with Gasteiger partial charge in [-0.25, -0.2) is 19.2 Å². The van der Waals surface area contributed by atoms with Crippen LogP contribution in [0.1, 0.15) is 0 Å². The number of carbonyl (C=O) groups excluding carboxylic acids is 4. The molecule has 0 aliphatic carbocycles. The van der Waals surface area contributed by atoms with Crippen LogP contribution in [0, 0.1) is 0 Å². The van der Waals surface area contributed by atoms with Crippen LogP contribution in [0.15, 0.2) is 59.6 Å². The zero-order chi connectivity index (χ0) is 28.7. The van der Waals surface area contributed by atoms with Gasteiger partial charge in [0, 0.05) is 42.8 Å². The highest BCUT2D eigenvalue weighted by molar-refractivity contribution is 8.16. The first-order chi connectivity index (χ1) is 19.4. The molecule has 2 aliphatic rings. The lowest BCUT2D eigenvalue weighted by atomic mass is 10.3. The Labute approximate surface area is 239 Å². The molecule has 0 amide bonds. The largest absolute Gasteiger partial charge is 0.489 e. The minimum atomic E-state index is -0.911. The fourth-order valence-corrected chi connectivity index (χ4v) is 4.54. The number of hydrogen-bond acceptors (Lipinski definition) is 14. The molecule has 0 N–H and O–H groups in total. The summed E-state index contributed by atoms with van der Waals surface area (Å²) < 4.78 is 32.4. The molecule has 14 heteroatoms. The number of nitrogens with zero attached hydrogens (tertiary/aromatic N) is 2. The number of carbonyl (C=O) groups is 4.